The quantitative estimate of drug-likeness (QED) is 0.610. The first kappa shape index (κ1) is 13.5. The monoisotopic (exact) mass is 252 g/mol. The topological polar surface area (TPSA) is 77.7 Å². The van der Waals surface area contributed by atoms with Gasteiger partial charge in [-0.2, -0.15) is 20.2 Å². The van der Waals surface area contributed by atoms with Crippen LogP contribution in [0.4, 0.5) is 11.9 Å². The predicted molar refractivity (Wildman–Crippen MR) is 69.0 cm³/mol. The summed E-state index contributed by atoms with van der Waals surface area (Å²) >= 11 is 0.945. The summed E-state index contributed by atoms with van der Waals surface area (Å²) in [5.74, 6) is 1.13. The summed E-state index contributed by atoms with van der Waals surface area (Å²) < 4.78 is 0. The standard InChI is InChI=1S/C10H16N6S/c1-4-12-8-13-9(16(5-2)6-3)15-10(14-8)17-7-11/h4-6H2,1-3H3,(H,12,13,14,15). The molecule has 0 aliphatic carbocycles. The number of anilines is 2. The van der Waals surface area contributed by atoms with Crippen LogP contribution in [0.3, 0.4) is 0 Å². The molecule has 0 fully saturated rings. The van der Waals surface area contributed by atoms with Crippen LogP contribution < -0.4 is 10.2 Å². The average molecular weight is 252 g/mol. The summed E-state index contributed by atoms with van der Waals surface area (Å²) in [5.41, 5.74) is 0. The third kappa shape index (κ3) is 3.75. The zero-order valence-corrected chi connectivity index (χ0v) is 11.1. The van der Waals surface area contributed by atoms with Crippen molar-refractivity contribution >= 4 is 23.7 Å². The highest BCUT2D eigenvalue weighted by atomic mass is 32.2. The Hall–Kier alpha value is -1.55. The first-order valence-corrected chi connectivity index (χ1v) is 6.37. The molecule has 1 aromatic heterocycles. The number of hydrogen-bond donors (Lipinski definition) is 1. The van der Waals surface area contributed by atoms with Gasteiger partial charge in [0.2, 0.25) is 17.1 Å². The molecule has 1 aromatic rings. The molecule has 0 atom stereocenters. The number of nitriles is 1. The maximum absolute atomic E-state index is 8.66. The molecule has 0 saturated carbocycles. The van der Waals surface area contributed by atoms with Crippen molar-refractivity contribution in [3.8, 4) is 5.40 Å². The number of nitrogens with zero attached hydrogens (tertiary/aromatic N) is 5. The zero-order chi connectivity index (χ0) is 12.7. The van der Waals surface area contributed by atoms with E-state index in [0.717, 1.165) is 31.4 Å². The second kappa shape index (κ2) is 6.91. The van der Waals surface area contributed by atoms with Gasteiger partial charge in [0.05, 0.1) is 0 Å². The van der Waals surface area contributed by atoms with Crippen molar-refractivity contribution in [2.24, 2.45) is 0 Å². The highest BCUT2D eigenvalue weighted by Gasteiger charge is 2.10. The highest BCUT2D eigenvalue weighted by molar-refractivity contribution is 8.03. The van der Waals surface area contributed by atoms with Crippen LogP contribution in [0.15, 0.2) is 5.16 Å². The van der Waals surface area contributed by atoms with Gasteiger partial charge in [0.1, 0.15) is 5.40 Å². The van der Waals surface area contributed by atoms with Gasteiger partial charge < -0.3 is 10.2 Å². The third-order valence-electron chi connectivity index (χ3n) is 2.12. The lowest BCUT2D eigenvalue weighted by Gasteiger charge is -2.18. The summed E-state index contributed by atoms with van der Waals surface area (Å²) in [6.07, 6.45) is 0. The Morgan fingerprint density at radius 3 is 2.47 bits per heavy atom. The maximum atomic E-state index is 8.66. The number of hydrogen-bond acceptors (Lipinski definition) is 7. The summed E-state index contributed by atoms with van der Waals surface area (Å²) in [7, 11) is 0. The van der Waals surface area contributed by atoms with Crippen molar-refractivity contribution in [2.75, 3.05) is 29.9 Å². The SMILES string of the molecule is CCNc1nc(SC#N)nc(N(CC)CC)n1. The van der Waals surface area contributed by atoms with Gasteiger partial charge in [-0.1, -0.05) is 0 Å². The molecule has 0 aromatic carbocycles. The lowest BCUT2D eigenvalue weighted by molar-refractivity contribution is 0.783. The van der Waals surface area contributed by atoms with Crippen LogP contribution in [0.5, 0.6) is 0 Å². The second-order valence-electron chi connectivity index (χ2n) is 3.14. The molecule has 0 amide bonds. The molecule has 1 N–H and O–H groups in total. The van der Waals surface area contributed by atoms with Gasteiger partial charge >= 0.3 is 0 Å². The largest absolute Gasteiger partial charge is 0.354 e. The molecule has 7 heteroatoms. The molecule has 0 bridgehead atoms. The summed E-state index contributed by atoms with van der Waals surface area (Å²) in [5, 5.41) is 14.1. The van der Waals surface area contributed by atoms with Crippen LogP contribution in [-0.2, 0) is 0 Å². The molecule has 0 spiro atoms. The number of thioether (sulfide) groups is 1. The summed E-state index contributed by atoms with van der Waals surface area (Å²) in [6, 6.07) is 0. The van der Waals surface area contributed by atoms with E-state index >= 15 is 0 Å². The highest BCUT2D eigenvalue weighted by Crippen LogP contribution is 2.17. The van der Waals surface area contributed by atoms with E-state index in [1.54, 1.807) is 0 Å². The minimum absolute atomic E-state index is 0.431. The van der Waals surface area contributed by atoms with Crippen molar-refractivity contribution in [1.82, 2.24) is 15.0 Å². The van der Waals surface area contributed by atoms with Gasteiger partial charge in [-0.3, -0.25) is 0 Å². The van der Waals surface area contributed by atoms with E-state index in [2.05, 4.69) is 20.3 Å². The average Bonchev–Trinajstić information content (AvgIpc) is 2.31. The van der Waals surface area contributed by atoms with Crippen LogP contribution >= 0.6 is 11.8 Å². The second-order valence-corrected chi connectivity index (χ2v) is 3.89. The Kier molecular flexibility index (Phi) is 5.49. The van der Waals surface area contributed by atoms with Gasteiger partial charge in [0.15, 0.2) is 0 Å². The molecule has 17 heavy (non-hydrogen) atoms. The van der Waals surface area contributed by atoms with Crippen molar-refractivity contribution in [2.45, 2.75) is 25.9 Å². The Morgan fingerprint density at radius 1 is 1.24 bits per heavy atom. The molecule has 92 valence electrons. The molecular weight excluding hydrogens is 236 g/mol. The van der Waals surface area contributed by atoms with Gasteiger partial charge in [-0.25, -0.2) is 0 Å². The first-order valence-electron chi connectivity index (χ1n) is 5.55. The van der Waals surface area contributed by atoms with Crippen LogP contribution in [0, 0.1) is 10.7 Å². The molecule has 0 saturated heterocycles. The van der Waals surface area contributed by atoms with Crippen molar-refractivity contribution in [3.63, 3.8) is 0 Å². The third-order valence-corrected chi connectivity index (χ3v) is 2.58. The fourth-order valence-electron chi connectivity index (χ4n) is 1.32. The first-order chi connectivity index (χ1) is 8.24. The van der Waals surface area contributed by atoms with E-state index < -0.39 is 0 Å². The number of nitrogens with one attached hydrogen (secondary N) is 1. The van der Waals surface area contributed by atoms with Gasteiger partial charge in [0.25, 0.3) is 0 Å². The van der Waals surface area contributed by atoms with Crippen LogP contribution in [0.1, 0.15) is 20.8 Å². The molecule has 1 heterocycles. The number of rotatable bonds is 6. The fourth-order valence-corrected chi connectivity index (χ4v) is 1.66. The molecule has 0 aliphatic rings. The Labute approximate surface area is 105 Å². The molecule has 0 aliphatic heterocycles. The molecule has 6 nitrogen and oxygen atoms in total. The summed E-state index contributed by atoms with van der Waals surface area (Å²) in [4.78, 5) is 14.7. The molecule has 0 unspecified atom stereocenters. The Balaban J connectivity index is 3.06. The molecule has 1 rings (SSSR count). The van der Waals surface area contributed by atoms with Gasteiger partial charge in [0, 0.05) is 31.4 Å². The Bertz CT molecular complexity index is 398. The number of aromatic nitrogens is 3. The minimum atomic E-state index is 0.431. The van der Waals surface area contributed by atoms with E-state index in [1.807, 2.05) is 31.1 Å². The van der Waals surface area contributed by atoms with E-state index in [0.29, 0.717) is 17.1 Å². The van der Waals surface area contributed by atoms with Crippen molar-refractivity contribution in [3.05, 3.63) is 0 Å². The Morgan fingerprint density at radius 2 is 1.94 bits per heavy atom. The van der Waals surface area contributed by atoms with Crippen molar-refractivity contribution < 1.29 is 0 Å². The fraction of sp³-hybridized carbons (Fsp3) is 0.600. The van der Waals surface area contributed by atoms with E-state index in [1.165, 1.54) is 0 Å². The number of thiocyanates is 1. The molecular formula is C10H16N6S. The lowest BCUT2D eigenvalue weighted by Crippen LogP contribution is -2.25. The van der Waals surface area contributed by atoms with Gasteiger partial charge in [-0.05, 0) is 20.8 Å². The van der Waals surface area contributed by atoms with E-state index in [9.17, 15) is 0 Å². The smallest absolute Gasteiger partial charge is 0.231 e. The van der Waals surface area contributed by atoms with Crippen LogP contribution in [0.2, 0.25) is 0 Å². The molecule has 0 radical (unpaired) electrons. The maximum Gasteiger partial charge on any atom is 0.231 e. The van der Waals surface area contributed by atoms with Crippen LogP contribution in [0.25, 0.3) is 0 Å². The lowest BCUT2D eigenvalue weighted by atomic mass is 10.5. The minimum Gasteiger partial charge on any atom is -0.354 e. The zero-order valence-electron chi connectivity index (χ0n) is 10.3. The van der Waals surface area contributed by atoms with E-state index in [-0.39, 0.29) is 0 Å². The predicted octanol–water partition coefficient (Wildman–Crippen LogP) is 1.72. The summed E-state index contributed by atoms with van der Waals surface area (Å²) in [6.45, 7) is 8.43. The van der Waals surface area contributed by atoms with Crippen LogP contribution in [-0.4, -0.2) is 34.6 Å². The van der Waals surface area contributed by atoms with E-state index in [4.69, 9.17) is 5.26 Å². The van der Waals surface area contributed by atoms with Crippen molar-refractivity contribution in [1.29, 1.82) is 5.26 Å². The van der Waals surface area contributed by atoms with Gasteiger partial charge in [-0.15, -0.1) is 0 Å². The normalized spacial score (nSPS) is 9.76.